The van der Waals surface area contributed by atoms with Crippen LogP contribution in [0.2, 0.25) is 5.02 Å². The molecule has 0 fully saturated rings. The summed E-state index contributed by atoms with van der Waals surface area (Å²) in [4.78, 5) is 15.9. The van der Waals surface area contributed by atoms with E-state index < -0.39 is 15.9 Å². The molecular weight excluding hydrogens is 330 g/mol. The molecular formula is C12H14ClN5O3S. The molecule has 0 aliphatic carbocycles. The van der Waals surface area contributed by atoms with Gasteiger partial charge in [-0.25, -0.2) is 18.1 Å². The SMILES string of the molecule is CN(CC(=O)Nc1ccc(-n2cc(Cl)cn2)nc1)S(C)(=O)=O. The maximum Gasteiger partial charge on any atom is 0.239 e. The molecule has 8 nitrogen and oxygen atoms in total. The van der Waals surface area contributed by atoms with Crippen molar-refractivity contribution in [2.45, 2.75) is 0 Å². The van der Waals surface area contributed by atoms with E-state index in [1.807, 2.05) is 0 Å². The fraction of sp³-hybridized carbons (Fsp3) is 0.250. The lowest BCUT2D eigenvalue weighted by Crippen LogP contribution is -2.34. The molecule has 1 N–H and O–H groups in total. The second-order valence-electron chi connectivity index (χ2n) is 4.58. The molecule has 0 atom stereocenters. The van der Waals surface area contributed by atoms with Crippen LogP contribution in [0.3, 0.4) is 0 Å². The number of aromatic nitrogens is 3. The molecule has 0 spiro atoms. The Morgan fingerprint density at radius 3 is 2.64 bits per heavy atom. The monoisotopic (exact) mass is 343 g/mol. The Morgan fingerprint density at radius 2 is 2.14 bits per heavy atom. The van der Waals surface area contributed by atoms with E-state index in [4.69, 9.17) is 11.6 Å². The lowest BCUT2D eigenvalue weighted by atomic mass is 10.4. The van der Waals surface area contributed by atoms with Crippen molar-refractivity contribution in [2.24, 2.45) is 0 Å². The topological polar surface area (TPSA) is 97.2 Å². The Kier molecular flexibility index (Phi) is 4.79. The van der Waals surface area contributed by atoms with Crippen molar-refractivity contribution in [3.05, 3.63) is 35.7 Å². The minimum Gasteiger partial charge on any atom is -0.324 e. The number of likely N-dealkylation sites (N-methyl/N-ethyl adjacent to an activating group) is 1. The van der Waals surface area contributed by atoms with Gasteiger partial charge in [-0.15, -0.1) is 0 Å². The van der Waals surface area contributed by atoms with Gasteiger partial charge in [0, 0.05) is 7.05 Å². The molecule has 0 bridgehead atoms. The summed E-state index contributed by atoms with van der Waals surface area (Å²) in [6, 6.07) is 3.29. The second kappa shape index (κ2) is 6.42. The highest BCUT2D eigenvalue weighted by atomic mass is 35.5. The van der Waals surface area contributed by atoms with Gasteiger partial charge in [-0.3, -0.25) is 4.79 Å². The van der Waals surface area contributed by atoms with Gasteiger partial charge in [-0.05, 0) is 12.1 Å². The quantitative estimate of drug-likeness (QED) is 0.864. The van der Waals surface area contributed by atoms with E-state index in [1.54, 1.807) is 18.3 Å². The third kappa shape index (κ3) is 4.26. The molecule has 0 unspecified atom stereocenters. The molecule has 2 aromatic heterocycles. The smallest absolute Gasteiger partial charge is 0.239 e. The first kappa shape index (κ1) is 16.4. The van der Waals surface area contributed by atoms with Gasteiger partial charge in [0.1, 0.15) is 0 Å². The van der Waals surface area contributed by atoms with Crippen molar-refractivity contribution in [1.29, 1.82) is 0 Å². The largest absolute Gasteiger partial charge is 0.324 e. The van der Waals surface area contributed by atoms with E-state index in [-0.39, 0.29) is 6.54 Å². The van der Waals surface area contributed by atoms with E-state index in [0.717, 1.165) is 10.6 Å². The number of hydrogen-bond acceptors (Lipinski definition) is 5. The van der Waals surface area contributed by atoms with Gasteiger partial charge in [-0.2, -0.15) is 9.40 Å². The Balaban J connectivity index is 2.01. The number of anilines is 1. The van der Waals surface area contributed by atoms with Gasteiger partial charge in [0.2, 0.25) is 15.9 Å². The van der Waals surface area contributed by atoms with E-state index in [2.05, 4.69) is 15.4 Å². The van der Waals surface area contributed by atoms with Crippen LogP contribution in [0.4, 0.5) is 5.69 Å². The average Bonchev–Trinajstić information content (AvgIpc) is 2.85. The Morgan fingerprint density at radius 1 is 1.41 bits per heavy atom. The minimum absolute atomic E-state index is 0.269. The predicted octanol–water partition coefficient (Wildman–Crippen LogP) is 0.751. The molecule has 2 aromatic rings. The van der Waals surface area contributed by atoms with Crippen molar-refractivity contribution in [1.82, 2.24) is 19.1 Å². The van der Waals surface area contributed by atoms with Crippen LogP contribution < -0.4 is 5.32 Å². The Hall–Kier alpha value is -1.97. The normalized spacial score (nSPS) is 11.6. The highest BCUT2D eigenvalue weighted by molar-refractivity contribution is 7.88. The van der Waals surface area contributed by atoms with E-state index in [9.17, 15) is 13.2 Å². The number of carbonyl (C=O) groups excluding carboxylic acids is 1. The third-order valence-corrected chi connectivity index (χ3v) is 4.21. The maximum atomic E-state index is 11.7. The molecule has 2 rings (SSSR count). The highest BCUT2D eigenvalue weighted by Crippen LogP contribution is 2.12. The fourth-order valence-corrected chi connectivity index (χ4v) is 2.03. The zero-order valence-corrected chi connectivity index (χ0v) is 13.5. The highest BCUT2D eigenvalue weighted by Gasteiger charge is 2.15. The molecule has 118 valence electrons. The summed E-state index contributed by atoms with van der Waals surface area (Å²) in [6.45, 7) is -0.269. The molecule has 0 aliphatic rings. The summed E-state index contributed by atoms with van der Waals surface area (Å²) in [5, 5.41) is 7.06. The molecule has 1 amide bonds. The average molecular weight is 344 g/mol. The number of hydrogen-bond donors (Lipinski definition) is 1. The number of pyridine rings is 1. The zero-order chi connectivity index (χ0) is 16.3. The number of carbonyl (C=O) groups is 1. The minimum atomic E-state index is -3.40. The van der Waals surface area contributed by atoms with Crippen molar-refractivity contribution < 1.29 is 13.2 Å². The van der Waals surface area contributed by atoms with Crippen molar-refractivity contribution >= 4 is 33.2 Å². The van der Waals surface area contributed by atoms with E-state index in [0.29, 0.717) is 16.5 Å². The summed E-state index contributed by atoms with van der Waals surface area (Å²) in [7, 11) is -2.07. The first-order chi connectivity index (χ1) is 10.3. The summed E-state index contributed by atoms with van der Waals surface area (Å²) in [5.74, 6) is 0.0859. The summed E-state index contributed by atoms with van der Waals surface area (Å²) >= 11 is 5.77. The van der Waals surface area contributed by atoms with Crippen LogP contribution in [-0.2, 0) is 14.8 Å². The number of nitrogens with zero attached hydrogens (tertiary/aromatic N) is 4. The van der Waals surface area contributed by atoms with Crippen LogP contribution >= 0.6 is 11.6 Å². The first-order valence-electron chi connectivity index (χ1n) is 6.13. The number of sulfonamides is 1. The first-order valence-corrected chi connectivity index (χ1v) is 8.36. The molecule has 0 saturated heterocycles. The van der Waals surface area contributed by atoms with Gasteiger partial charge in [0.15, 0.2) is 5.82 Å². The van der Waals surface area contributed by atoms with Crippen LogP contribution in [0.25, 0.3) is 5.82 Å². The van der Waals surface area contributed by atoms with Crippen LogP contribution in [0.1, 0.15) is 0 Å². The van der Waals surface area contributed by atoms with Crippen LogP contribution in [0, 0.1) is 0 Å². The standard InChI is InChI=1S/C12H14ClN5O3S/c1-17(22(2,20)21)8-12(19)16-10-3-4-11(14-6-10)18-7-9(13)5-15-18/h3-7H,8H2,1-2H3,(H,16,19). The van der Waals surface area contributed by atoms with Crippen LogP contribution in [0.5, 0.6) is 0 Å². The lowest BCUT2D eigenvalue weighted by Gasteiger charge is -2.13. The van der Waals surface area contributed by atoms with Gasteiger partial charge >= 0.3 is 0 Å². The van der Waals surface area contributed by atoms with Crippen molar-refractivity contribution in [3.63, 3.8) is 0 Å². The van der Waals surface area contributed by atoms with Gasteiger partial charge in [-0.1, -0.05) is 11.6 Å². The predicted molar refractivity (Wildman–Crippen MR) is 82.5 cm³/mol. The number of nitrogens with one attached hydrogen (secondary N) is 1. The molecule has 0 radical (unpaired) electrons. The van der Waals surface area contributed by atoms with Crippen molar-refractivity contribution in [2.75, 3.05) is 25.2 Å². The fourth-order valence-electron chi connectivity index (χ4n) is 1.54. The maximum absolute atomic E-state index is 11.7. The number of halogens is 1. The van der Waals surface area contributed by atoms with E-state index >= 15 is 0 Å². The molecule has 2 heterocycles. The third-order valence-electron chi connectivity index (χ3n) is 2.75. The molecule has 22 heavy (non-hydrogen) atoms. The number of rotatable bonds is 5. The van der Waals surface area contributed by atoms with Gasteiger partial charge < -0.3 is 5.32 Å². The molecule has 0 saturated carbocycles. The van der Waals surface area contributed by atoms with Gasteiger partial charge in [0.05, 0.1) is 42.1 Å². The lowest BCUT2D eigenvalue weighted by molar-refractivity contribution is -0.116. The summed E-state index contributed by atoms with van der Waals surface area (Å²) < 4.78 is 24.9. The molecule has 0 aromatic carbocycles. The second-order valence-corrected chi connectivity index (χ2v) is 7.10. The Bertz CT molecular complexity index is 772. The molecule has 0 aliphatic heterocycles. The van der Waals surface area contributed by atoms with Crippen LogP contribution in [-0.4, -0.2) is 53.2 Å². The molecule has 10 heteroatoms. The van der Waals surface area contributed by atoms with Crippen LogP contribution in [0.15, 0.2) is 30.7 Å². The van der Waals surface area contributed by atoms with Gasteiger partial charge in [0.25, 0.3) is 0 Å². The summed E-state index contributed by atoms with van der Waals surface area (Å²) in [6.07, 6.45) is 5.57. The zero-order valence-electron chi connectivity index (χ0n) is 11.9. The number of amides is 1. The summed E-state index contributed by atoms with van der Waals surface area (Å²) in [5.41, 5.74) is 0.453. The van der Waals surface area contributed by atoms with Crippen molar-refractivity contribution in [3.8, 4) is 5.82 Å². The Labute approximate surface area is 132 Å². The van der Waals surface area contributed by atoms with E-state index in [1.165, 1.54) is 24.1 Å².